The van der Waals surface area contributed by atoms with Gasteiger partial charge in [0.05, 0.1) is 4.92 Å². The van der Waals surface area contributed by atoms with Crippen LogP contribution in [0.4, 0.5) is 5.69 Å². The second kappa shape index (κ2) is 6.95. The fourth-order valence-corrected chi connectivity index (χ4v) is 1.30. The van der Waals surface area contributed by atoms with E-state index in [1.807, 2.05) is 6.92 Å². The molecule has 0 radical (unpaired) electrons. The first-order chi connectivity index (χ1) is 9.04. The van der Waals surface area contributed by atoms with Crippen molar-refractivity contribution in [1.29, 1.82) is 0 Å². The third kappa shape index (κ3) is 4.63. The third-order valence-corrected chi connectivity index (χ3v) is 2.17. The van der Waals surface area contributed by atoms with E-state index in [1.165, 1.54) is 24.3 Å². The number of carboxylic acids is 1. The van der Waals surface area contributed by atoms with Crippen molar-refractivity contribution >= 4 is 17.7 Å². The van der Waals surface area contributed by atoms with Crippen LogP contribution in [0, 0.1) is 10.1 Å². The van der Waals surface area contributed by atoms with Crippen molar-refractivity contribution in [2.24, 2.45) is 0 Å². The van der Waals surface area contributed by atoms with E-state index >= 15 is 0 Å². The summed E-state index contributed by atoms with van der Waals surface area (Å²) in [4.78, 5) is 20.7. The van der Waals surface area contributed by atoms with Crippen molar-refractivity contribution in [3.63, 3.8) is 0 Å². The van der Waals surface area contributed by atoms with Gasteiger partial charge in [0, 0.05) is 12.1 Å². The molecule has 0 fully saturated rings. The van der Waals surface area contributed by atoms with Crippen LogP contribution in [0.1, 0.15) is 12.5 Å². The Hall–Kier alpha value is -2.63. The second-order valence-electron chi connectivity index (χ2n) is 3.54. The summed E-state index contributed by atoms with van der Waals surface area (Å²) in [7, 11) is 0. The normalized spacial score (nSPS) is 11.0. The van der Waals surface area contributed by atoms with Gasteiger partial charge in [-0.15, -0.1) is 0 Å². The molecule has 0 aromatic heterocycles. The Balaban J connectivity index is 3.03. The van der Waals surface area contributed by atoms with Crippen LogP contribution < -0.4 is 4.74 Å². The first-order valence-electron chi connectivity index (χ1n) is 5.48. The Morgan fingerprint density at radius 3 is 2.84 bits per heavy atom. The summed E-state index contributed by atoms with van der Waals surface area (Å²) in [6, 6.07) is 4.17. The summed E-state index contributed by atoms with van der Waals surface area (Å²) in [5, 5.41) is 19.4. The minimum atomic E-state index is -1.09. The zero-order valence-electron chi connectivity index (χ0n) is 10.3. The molecule has 1 aromatic carbocycles. The zero-order chi connectivity index (χ0) is 14.3. The lowest BCUT2D eigenvalue weighted by Gasteiger charge is -2.05. The van der Waals surface area contributed by atoms with Gasteiger partial charge in [0.1, 0.15) is 6.61 Å². The summed E-state index contributed by atoms with van der Waals surface area (Å²) in [6.07, 6.45) is 5.77. The molecule has 100 valence electrons. The highest BCUT2D eigenvalue weighted by molar-refractivity contribution is 5.85. The van der Waals surface area contributed by atoms with Crippen molar-refractivity contribution in [3.8, 4) is 5.75 Å². The highest BCUT2D eigenvalue weighted by Gasteiger charge is 2.14. The molecule has 0 atom stereocenters. The maximum absolute atomic E-state index is 10.8. The molecule has 0 bridgehead atoms. The molecule has 19 heavy (non-hydrogen) atoms. The Morgan fingerprint density at radius 2 is 2.26 bits per heavy atom. The summed E-state index contributed by atoms with van der Waals surface area (Å²) in [5.41, 5.74) is 0.362. The van der Waals surface area contributed by atoms with E-state index in [0.29, 0.717) is 5.56 Å². The predicted octanol–water partition coefficient (Wildman–Crippen LogP) is 2.65. The number of rotatable bonds is 6. The highest BCUT2D eigenvalue weighted by Crippen LogP contribution is 2.28. The van der Waals surface area contributed by atoms with Crippen LogP contribution in [-0.2, 0) is 4.79 Å². The van der Waals surface area contributed by atoms with Crippen molar-refractivity contribution in [2.75, 3.05) is 6.61 Å². The summed E-state index contributed by atoms with van der Waals surface area (Å²) < 4.78 is 5.28. The van der Waals surface area contributed by atoms with Crippen LogP contribution >= 0.6 is 0 Å². The molecule has 0 aliphatic rings. The Bertz CT molecular complexity index is 534. The van der Waals surface area contributed by atoms with Gasteiger partial charge in [0.25, 0.3) is 0 Å². The van der Waals surface area contributed by atoms with Crippen molar-refractivity contribution < 1.29 is 19.6 Å². The van der Waals surface area contributed by atoms with Crippen LogP contribution in [-0.4, -0.2) is 22.6 Å². The number of aliphatic carboxylic acids is 1. The molecular weight excluding hydrogens is 250 g/mol. The van der Waals surface area contributed by atoms with E-state index in [4.69, 9.17) is 9.84 Å². The molecule has 0 heterocycles. The number of allylic oxidation sites excluding steroid dienone is 1. The monoisotopic (exact) mass is 263 g/mol. The molecule has 0 aliphatic heterocycles. The van der Waals surface area contributed by atoms with E-state index < -0.39 is 10.9 Å². The van der Waals surface area contributed by atoms with Crippen LogP contribution in [0.15, 0.2) is 36.4 Å². The van der Waals surface area contributed by atoms with E-state index in [2.05, 4.69) is 0 Å². The topological polar surface area (TPSA) is 89.7 Å². The van der Waals surface area contributed by atoms with Gasteiger partial charge < -0.3 is 9.84 Å². The van der Waals surface area contributed by atoms with E-state index in [9.17, 15) is 14.9 Å². The largest absolute Gasteiger partial charge is 0.483 e. The molecule has 0 saturated carbocycles. The van der Waals surface area contributed by atoms with Crippen LogP contribution in [0.5, 0.6) is 5.75 Å². The maximum atomic E-state index is 10.8. The first kappa shape index (κ1) is 14.4. The van der Waals surface area contributed by atoms with Gasteiger partial charge in [0.15, 0.2) is 5.75 Å². The van der Waals surface area contributed by atoms with Crippen LogP contribution in [0.3, 0.4) is 0 Å². The van der Waals surface area contributed by atoms with E-state index in [-0.39, 0.29) is 18.0 Å². The first-order valence-corrected chi connectivity index (χ1v) is 5.48. The molecule has 1 N–H and O–H groups in total. The maximum Gasteiger partial charge on any atom is 0.328 e. The number of carboxylic acid groups (broad SMARTS) is 1. The van der Waals surface area contributed by atoms with Crippen LogP contribution in [0.25, 0.3) is 6.08 Å². The Morgan fingerprint density at radius 1 is 1.53 bits per heavy atom. The van der Waals surface area contributed by atoms with Crippen LogP contribution in [0.2, 0.25) is 0 Å². The Kier molecular flexibility index (Phi) is 5.28. The SMILES string of the molecule is CC=CCOc1cc(C=CC(=O)O)ccc1[N+](=O)[O-]. The van der Waals surface area contributed by atoms with Crippen molar-refractivity contribution in [1.82, 2.24) is 0 Å². The summed E-state index contributed by atoms with van der Waals surface area (Å²) >= 11 is 0. The number of nitro groups is 1. The molecule has 0 saturated heterocycles. The van der Waals surface area contributed by atoms with Gasteiger partial charge in [-0.1, -0.05) is 12.2 Å². The van der Waals surface area contributed by atoms with Crippen molar-refractivity contribution in [3.05, 3.63) is 52.1 Å². The molecule has 0 amide bonds. The summed E-state index contributed by atoms with van der Waals surface area (Å²) in [5.74, 6) is -0.981. The highest BCUT2D eigenvalue weighted by atomic mass is 16.6. The lowest BCUT2D eigenvalue weighted by atomic mass is 10.1. The lowest BCUT2D eigenvalue weighted by Crippen LogP contribution is -1.98. The van der Waals surface area contributed by atoms with Gasteiger partial charge in [-0.25, -0.2) is 4.79 Å². The number of hydrogen-bond donors (Lipinski definition) is 1. The molecule has 6 nitrogen and oxygen atoms in total. The van der Waals surface area contributed by atoms with Gasteiger partial charge in [-0.05, 0) is 30.7 Å². The number of hydrogen-bond acceptors (Lipinski definition) is 4. The minimum Gasteiger partial charge on any atom is -0.483 e. The van der Waals surface area contributed by atoms with Gasteiger partial charge in [0.2, 0.25) is 0 Å². The molecule has 1 aromatic rings. The molecule has 6 heteroatoms. The van der Waals surface area contributed by atoms with Gasteiger partial charge in [-0.3, -0.25) is 10.1 Å². The minimum absolute atomic E-state index is 0.107. The third-order valence-electron chi connectivity index (χ3n) is 2.17. The molecule has 0 spiro atoms. The van der Waals surface area contributed by atoms with Gasteiger partial charge in [-0.2, -0.15) is 0 Å². The zero-order valence-corrected chi connectivity index (χ0v) is 10.3. The predicted molar refractivity (Wildman–Crippen MR) is 70.1 cm³/mol. The molecule has 0 aliphatic carbocycles. The lowest BCUT2D eigenvalue weighted by molar-refractivity contribution is -0.385. The number of nitro benzene ring substituents is 1. The molecular formula is C13H13NO5. The molecule has 0 unspecified atom stereocenters. The Labute approximate surface area is 109 Å². The average Bonchev–Trinajstić information content (AvgIpc) is 2.36. The second-order valence-corrected chi connectivity index (χ2v) is 3.54. The number of nitrogens with zero attached hydrogens (tertiary/aromatic N) is 1. The fourth-order valence-electron chi connectivity index (χ4n) is 1.30. The van der Waals surface area contributed by atoms with E-state index in [0.717, 1.165) is 6.08 Å². The van der Waals surface area contributed by atoms with Gasteiger partial charge >= 0.3 is 11.7 Å². The quantitative estimate of drug-likeness (QED) is 0.369. The number of ether oxygens (including phenoxy) is 1. The number of carbonyl (C=O) groups is 1. The standard InChI is InChI=1S/C13H13NO5/c1-2-3-8-19-12-9-10(5-7-13(15)16)4-6-11(12)14(17)18/h2-7,9H,8H2,1H3,(H,15,16). The van der Waals surface area contributed by atoms with E-state index in [1.54, 1.807) is 12.2 Å². The average molecular weight is 263 g/mol. The smallest absolute Gasteiger partial charge is 0.328 e. The molecule has 1 rings (SSSR count). The number of benzene rings is 1. The van der Waals surface area contributed by atoms with Crippen molar-refractivity contribution in [2.45, 2.75) is 6.92 Å². The fraction of sp³-hybridized carbons (Fsp3) is 0.154. The summed E-state index contributed by atoms with van der Waals surface area (Å²) in [6.45, 7) is 2.02.